The minimum Gasteiger partial charge on any atom is -0.360 e. The Balaban J connectivity index is 2.08. The highest BCUT2D eigenvalue weighted by Gasteiger charge is 2.25. The summed E-state index contributed by atoms with van der Waals surface area (Å²) in [5.41, 5.74) is 0.543. The van der Waals surface area contributed by atoms with Gasteiger partial charge in [-0.3, -0.25) is 9.48 Å². The van der Waals surface area contributed by atoms with Gasteiger partial charge in [0, 0.05) is 19.8 Å². The average molecular weight is 220 g/mol. The Morgan fingerprint density at radius 2 is 2.56 bits per heavy atom. The Kier molecular flexibility index (Phi) is 2.88. The van der Waals surface area contributed by atoms with Crippen LogP contribution in [-0.4, -0.2) is 46.4 Å². The molecule has 1 atom stereocenters. The first kappa shape index (κ1) is 10.6. The van der Waals surface area contributed by atoms with E-state index in [4.69, 9.17) is 10.00 Å². The van der Waals surface area contributed by atoms with Crippen molar-refractivity contribution in [2.45, 2.75) is 6.10 Å². The lowest BCUT2D eigenvalue weighted by Gasteiger charge is -2.29. The maximum absolute atomic E-state index is 12.0. The fraction of sp³-hybridized carbons (Fsp3) is 0.500. The van der Waals surface area contributed by atoms with Crippen molar-refractivity contribution in [1.29, 1.82) is 5.26 Å². The summed E-state index contributed by atoms with van der Waals surface area (Å²) >= 11 is 0. The molecule has 0 aromatic carbocycles. The molecule has 2 heterocycles. The van der Waals surface area contributed by atoms with Crippen LogP contribution in [0, 0.1) is 11.3 Å². The molecule has 1 fully saturated rings. The van der Waals surface area contributed by atoms with Crippen LogP contribution in [0.1, 0.15) is 10.4 Å². The van der Waals surface area contributed by atoms with E-state index < -0.39 is 6.10 Å². The van der Waals surface area contributed by atoms with Crippen molar-refractivity contribution >= 4 is 5.91 Å². The van der Waals surface area contributed by atoms with Crippen molar-refractivity contribution in [2.75, 3.05) is 19.7 Å². The fourth-order valence-electron chi connectivity index (χ4n) is 1.63. The summed E-state index contributed by atoms with van der Waals surface area (Å²) < 4.78 is 6.75. The van der Waals surface area contributed by atoms with Crippen LogP contribution in [0.25, 0.3) is 0 Å². The van der Waals surface area contributed by atoms with E-state index in [0.29, 0.717) is 25.3 Å². The number of aryl methyl sites for hydroxylation is 1. The van der Waals surface area contributed by atoms with Crippen LogP contribution in [0.3, 0.4) is 0 Å². The van der Waals surface area contributed by atoms with Gasteiger partial charge in [0.2, 0.25) is 0 Å². The topological polar surface area (TPSA) is 71.2 Å². The minimum absolute atomic E-state index is 0.100. The summed E-state index contributed by atoms with van der Waals surface area (Å²) in [6.07, 6.45) is 2.67. The highest BCUT2D eigenvalue weighted by atomic mass is 16.5. The third-order valence-electron chi connectivity index (χ3n) is 2.45. The van der Waals surface area contributed by atoms with Crippen molar-refractivity contribution in [3.63, 3.8) is 0 Å². The number of carbonyl (C=O) groups is 1. The number of rotatable bonds is 1. The molecule has 2 rings (SSSR count). The lowest BCUT2D eigenvalue weighted by molar-refractivity contribution is 0.00346. The van der Waals surface area contributed by atoms with Gasteiger partial charge in [-0.05, 0) is 0 Å². The molecule has 0 N–H and O–H groups in total. The Morgan fingerprint density at radius 3 is 3.19 bits per heavy atom. The molecular weight excluding hydrogens is 208 g/mol. The monoisotopic (exact) mass is 220 g/mol. The van der Waals surface area contributed by atoms with Gasteiger partial charge in [-0.1, -0.05) is 0 Å². The molecule has 1 aromatic heterocycles. The van der Waals surface area contributed by atoms with Gasteiger partial charge in [-0.25, -0.2) is 0 Å². The van der Waals surface area contributed by atoms with E-state index in [1.165, 1.54) is 6.20 Å². The second-order valence-electron chi connectivity index (χ2n) is 3.64. The van der Waals surface area contributed by atoms with Crippen molar-refractivity contribution in [3.8, 4) is 6.07 Å². The van der Waals surface area contributed by atoms with Crippen LogP contribution in [0.2, 0.25) is 0 Å². The number of morpholine rings is 1. The van der Waals surface area contributed by atoms with Crippen LogP contribution in [0.4, 0.5) is 0 Å². The third kappa shape index (κ3) is 2.04. The zero-order chi connectivity index (χ0) is 11.5. The van der Waals surface area contributed by atoms with Crippen molar-refractivity contribution < 1.29 is 9.53 Å². The molecule has 1 saturated heterocycles. The smallest absolute Gasteiger partial charge is 0.257 e. The summed E-state index contributed by atoms with van der Waals surface area (Å²) in [6, 6.07) is 2.01. The van der Waals surface area contributed by atoms with Crippen LogP contribution < -0.4 is 0 Å². The predicted molar refractivity (Wildman–Crippen MR) is 54.5 cm³/mol. The molecule has 0 saturated carbocycles. The largest absolute Gasteiger partial charge is 0.360 e. The van der Waals surface area contributed by atoms with Crippen LogP contribution >= 0.6 is 0 Å². The van der Waals surface area contributed by atoms with Gasteiger partial charge in [-0.15, -0.1) is 0 Å². The number of amides is 1. The number of ether oxygens (including phenoxy) is 1. The molecule has 0 bridgehead atoms. The summed E-state index contributed by atoms with van der Waals surface area (Å²) in [6.45, 7) is 1.25. The molecule has 1 aromatic rings. The number of nitrogens with zero attached hydrogens (tertiary/aromatic N) is 4. The molecule has 0 aliphatic carbocycles. The van der Waals surface area contributed by atoms with Crippen LogP contribution in [0.15, 0.2) is 12.4 Å². The summed E-state index contributed by atoms with van der Waals surface area (Å²) in [7, 11) is 1.76. The first-order chi connectivity index (χ1) is 7.70. The molecule has 1 amide bonds. The van der Waals surface area contributed by atoms with Crippen molar-refractivity contribution in [3.05, 3.63) is 18.0 Å². The fourth-order valence-corrected chi connectivity index (χ4v) is 1.63. The summed E-state index contributed by atoms with van der Waals surface area (Å²) in [5.74, 6) is -0.100. The Hall–Kier alpha value is -1.87. The summed E-state index contributed by atoms with van der Waals surface area (Å²) in [5, 5.41) is 12.7. The zero-order valence-electron chi connectivity index (χ0n) is 8.96. The average Bonchev–Trinajstić information content (AvgIpc) is 2.75. The maximum Gasteiger partial charge on any atom is 0.257 e. The second-order valence-corrected chi connectivity index (χ2v) is 3.64. The Bertz CT molecular complexity index is 434. The van der Waals surface area contributed by atoms with Crippen molar-refractivity contribution in [2.24, 2.45) is 7.05 Å². The second kappa shape index (κ2) is 4.33. The molecule has 1 aliphatic heterocycles. The van der Waals surface area contributed by atoms with Gasteiger partial charge >= 0.3 is 0 Å². The molecule has 0 radical (unpaired) electrons. The van der Waals surface area contributed by atoms with Gasteiger partial charge in [0.15, 0.2) is 6.10 Å². The number of nitriles is 1. The normalized spacial score (nSPS) is 20.5. The van der Waals surface area contributed by atoms with Crippen LogP contribution in [-0.2, 0) is 11.8 Å². The Labute approximate surface area is 93.0 Å². The molecule has 6 heteroatoms. The molecular formula is C10H12N4O2. The highest BCUT2D eigenvalue weighted by Crippen LogP contribution is 2.09. The molecule has 16 heavy (non-hydrogen) atoms. The molecule has 1 aliphatic rings. The quantitative estimate of drug-likeness (QED) is 0.656. The van der Waals surface area contributed by atoms with Gasteiger partial charge in [-0.2, -0.15) is 10.4 Å². The van der Waals surface area contributed by atoms with E-state index >= 15 is 0 Å². The van der Waals surface area contributed by atoms with E-state index in [2.05, 4.69) is 5.10 Å². The molecule has 1 unspecified atom stereocenters. The maximum atomic E-state index is 12.0. The molecule has 6 nitrogen and oxygen atoms in total. The van der Waals surface area contributed by atoms with Crippen molar-refractivity contribution in [1.82, 2.24) is 14.7 Å². The van der Waals surface area contributed by atoms with E-state index in [1.807, 2.05) is 6.07 Å². The minimum atomic E-state index is -0.519. The van der Waals surface area contributed by atoms with Crippen LogP contribution in [0.5, 0.6) is 0 Å². The lowest BCUT2D eigenvalue weighted by atomic mass is 10.2. The third-order valence-corrected chi connectivity index (χ3v) is 2.45. The summed E-state index contributed by atoms with van der Waals surface area (Å²) in [4.78, 5) is 13.6. The SMILES string of the molecule is Cn1cc(C(=O)N2CCOC(C#N)C2)cn1. The number of carbonyl (C=O) groups excluding carboxylic acids is 1. The standard InChI is InChI=1S/C10H12N4O2/c1-13-6-8(5-12-13)10(15)14-2-3-16-9(4-11)7-14/h5-6,9H,2-3,7H2,1H3. The van der Waals surface area contributed by atoms with E-state index in [9.17, 15) is 4.79 Å². The molecule has 84 valence electrons. The Morgan fingerprint density at radius 1 is 1.75 bits per heavy atom. The molecule has 0 spiro atoms. The van der Waals surface area contributed by atoms with Gasteiger partial charge < -0.3 is 9.64 Å². The lowest BCUT2D eigenvalue weighted by Crippen LogP contribution is -2.45. The number of hydrogen-bond acceptors (Lipinski definition) is 4. The van der Waals surface area contributed by atoms with Gasteiger partial charge in [0.1, 0.15) is 0 Å². The van der Waals surface area contributed by atoms with Gasteiger partial charge in [0.05, 0.1) is 31.0 Å². The first-order valence-corrected chi connectivity index (χ1v) is 5.00. The van der Waals surface area contributed by atoms with Gasteiger partial charge in [0.25, 0.3) is 5.91 Å². The number of aromatic nitrogens is 2. The van der Waals surface area contributed by atoms with E-state index in [1.54, 1.807) is 22.8 Å². The van der Waals surface area contributed by atoms with E-state index in [0.717, 1.165) is 0 Å². The predicted octanol–water partition coefficient (Wildman–Crippen LogP) is -0.215. The zero-order valence-corrected chi connectivity index (χ0v) is 8.96. The first-order valence-electron chi connectivity index (χ1n) is 5.00. The highest BCUT2D eigenvalue weighted by molar-refractivity contribution is 5.93. The number of hydrogen-bond donors (Lipinski definition) is 0. The van der Waals surface area contributed by atoms with E-state index in [-0.39, 0.29) is 5.91 Å².